The normalized spacial score (nSPS) is 19.8. The van der Waals surface area contributed by atoms with E-state index in [2.05, 4.69) is 30.4 Å². The number of rotatable bonds is 3. The van der Waals surface area contributed by atoms with E-state index in [0.29, 0.717) is 13.2 Å². The highest BCUT2D eigenvalue weighted by molar-refractivity contribution is 5.54. The predicted octanol–water partition coefficient (Wildman–Crippen LogP) is 1.90. The second-order valence-corrected chi connectivity index (χ2v) is 6.35. The molecule has 0 unspecified atom stereocenters. The number of nitrogens with zero attached hydrogens (tertiary/aromatic N) is 4. The highest BCUT2D eigenvalue weighted by Crippen LogP contribution is 2.32. The Morgan fingerprint density at radius 3 is 2.50 bits per heavy atom. The quantitative estimate of drug-likeness (QED) is 0.888. The number of hydrogen-bond donors (Lipinski definition) is 2. The van der Waals surface area contributed by atoms with Gasteiger partial charge < -0.3 is 19.7 Å². The van der Waals surface area contributed by atoms with Crippen LogP contribution < -0.4 is 10.2 Å². The van der Waals surface area contributed by atoms with Crippen LogP contribution in [0.1, 0.15) is 24.2 Å². The van der Waals surface area contributed by atoms with Gasteiger partial charge in [0.15, 0.2) is 11.6 Å². The topological polar surface area (TPSA) is 88.2 Å². The molecule has 4 rings (SSSR count). The van der Waals surface area contributed by atoms with Gasteiger partial charge in [0.25, 0.3) is 0 Å². The molecule has 2 aliphatic heterocycles. The Morgan fingerprint density at radius 1 is 1.08 bits per heavy atom. The van der Waals surface area contributed by atoms with Crippen molar-refractivity contribution in [1.29, 1.82) is 0 Å². The average Bonchev–Trinajstić information content (AvgIpc) is 3.17. The predicted molar refractivity (Wildman–Crippen MR) is 89.5 cm³/mol. The third kappa shape index (κ3) is 3.07. The van der Waals surface area contributed by atoms with Crippen molar-refractivity contribution in [2.45, 2.75) is 32.5 Å². The zero-order valence-electron chi connectivity index (χ0n) is 14.0. The molecule has 0 aromatic carbocycles. The fraction of sp³-hybridized carbons (Fsp3) is 0.562. The van der Waals surface area contributed by atoms with Gasteiger partial charge in [-0.05, 0) is 13.8 Å². The van der Waals surface area contributed by atoms with E-state index in [-0.39, 0.29) is 5.79 Å². The van der Waals surface area contributed by atoms with Crippen LogP contribution in [-0.2, 0) is 9.47 Å². The monoisotopic (exact) mass is 330 g/mol. The van der Waals surface area contributed by atoms with Crippen LogP contribution in [0, 0.1) is 13.8 Å². The van der Waals surface area contributed by atoms with Crippen molar-refractivity contribution >= 4 is 17.6 Å². The summed E-state index contributed by atoms with van der Waals surface area (Å²) in [7, 11) is 0. The van der Waals surface area contributed by atoms with Gasteiger partial charge in [0.1, 0.15) is 5.82 Å². The maximum absolute atomic E-state index is 5.78. The second-order valence-electron chi connectivity index (χ2n) is 6.35. The first-order valence-electron chi connectivity index (χ1n) is 8.30. The van der Waals surface area contributed by atoms with Crippen molar-refractivity contribution in [2.24, 2.45) is 0 Å². The number of aromatic amines is 1. The summed E-state index contributed by atoms with van der Waals surface area (Å²) in [5.41, 5.74) is 1.92. The van der Waals surface area contributed by atoms with E-state index in [1.165, 1.54) is 0 Å². The van der Waals surface area contributed by atoms with E-state index in [0.717, 1.165) is 54.9 Å². The summed E-state index contributed by atoms with van der Waals surface area (Å²) < 4.78 is 11.6. The summed E-state index contributed by atoms with van der Waals surface area (Å²) in [5, 5.41) is 10.3. The van der Waals surface area contributed by atoms with Crippen LogP contribution in [0.2, 0.25) is 0 Å². The standard InChI is InChI=1S/C16H22N6O2/c1-11-9-13(18-14-10-12(2)20-21-14)19-15(17-11)22-5-3-16(4-6-22)23-7-8-24-16/h9-10H,3-8H2,1-2H3,(H2,17,18,19,20,21). The fourth-order valence-corrected chi connectivity index (χ4v) is 3.20. The van der Waals surface area contributed by atoms with Gasteiger partial charge in [-0.2, -0.15) is 10.1 Å². The number of piperidine rings is 1. The molecule has 2 aromatic rings. The Hall–Kier alpha value is -2.19. The van der Waals surface area contributed by atoms with Gasteiger partial charge in [0.05, 0.1) is 13.2 Å². The largest absolute Gasteiger partial charge is 0.347 e. The van der Waals surface area contributed by atoms with Crippen LogP contribution in [-0.4, -0.2) is 52.3 Å². The van der Waals surface area contributed by atoms with Gasteiger partial charge in [0, 0.05) is 49.5 Å². The summed E-state index contributed by atoms with van der Waals surface area (Å²) >= 11 is 0. The number of hydrogen-bond acceptors (Lipinski definition) is 7. The number of aromatic nitrogens is 4. The molecule has 0 saturated carbocycles. The third-order valence-corrected chi connectivity index (χ3v) is 4.43. The van der Waals surface area contributed by atoms with Crippen molar-refractivity contribution in [3.8, 4) is 0 Å². The summed E-state index contributed by atoms with van der Waals surface area (Å²) in [6.07, 6.45) is 1.68. The van der Waals surface area contributed by atoms with Gasteiger partial charge >= 0.3 is 0 Å². The first-order chi connectivity index (χ1) is 11.6. The molecule has 0 bridgehead atoms. The van der Waals surface area contributed by atoms with E-state index in [4.69, 9.17) is 9.47 Å². The molecule has 0 atom stereocenters. The molecule has 8 heteroatoms. The molecule has 2 saturated heterocycles. The van der Waals surface area contributed by atoms with Crippen LogP contribution in [0.4, 0.5) is 17.6 Å². The van der Waals surface area contributed by atoms with Gasteiger partial charge in [-0.25, -0.2) is 4.98 Å². The van der Waals surface area contributed by atoms with Crippen molar-refractivity contribution in [3.05, 3.63) is 23.5 Å². The molecule has 24 heavy (non-hydrogen) atoms. The van der Waals surface area contributed by atoms with E-state index >= 15 is 0 Å². The lowest BCUT2D eigenvalue weighted by Crippen LogP contribution is -2.45. The first kappa shape index (κ1) is 15.3. The molecule has 0 aliphatic carbocycles. The fourth-order valence-electron chi connectivity index (χ4n) is 3.20. The van der Waals surface area contributed by atoms with Crippen LogP contribution >= 0.6 is 0 Å². The zero-order chi connectivity index (χ0) is 16.6. The molecular weight excluding hydrogens is 308 g/mol. The van der Waals surface area contributed by atoms with E-state index in [1.54, 1.807) is 0 Å². The lowest BCUT2D eigenvalue weighted by molar-refractivity contribution is -0.169. The number of ether oxygens (including phenoxy) is 2. The molecule has 2 N–H and O–H groups in total. The second kappa shape index (κ2) is 6.03. The maximum atomic E-state index is 5.78. The molecule has 1 spiro atoms. The smallest absolute Gasteiger partial charge is 0.227 e. The van der Waals surface area contributed by atoms with E-state index in [9.17, 15) is 0 Å². The zero-order valence-corrected chi connectivity index (χ0v) is 14.0. The third-order valence-electron chi connectivity index (χ3n) is 4.43. The Kier molecular flexibility index (Phi) is 3.85. The summed E-state index contributed by atoms with van der Waals surface area (Å²) in [4.78, 5) is 11.4. The lowest BCUT2D eigenvalue weighted by atomic mass is 10.0. The van der Waals surface area contributed by atoms with E-state index < -0.39 is 0 Å². The SMILES string of the molecule is Cc1cc(Nc2cc(C)[nH]n2)nc(N2CCC3(CC2)OCCO3)n1. The molecule has 4 heterocycles. The summed E-state index contributed by atoms with van der Waals surface area (Å²) in [5.74, 6) is 1.85. The molecule has 128 valence electrons. The molecule has 0 amide bonds. The minimum atomic E-state index is -0.381. The highest BCUT2D eigenvalue weighted by Gasteiger charge is 2.40. The molecule has 2 fully saturated rings. The molecular formula is C16H22N6O2. The van der Waals surface area contributed by atoms with Gasteiger partial charge in [-0.3, -0.25) is 5.10 Å². The van der Waals surface area contributed by atoms with Crippen LogP contribution in [0.15, 0.2) is 12.1 Å². The summed E-state index contributed by atoms with van der Waals surface area (Å²) in [6, 6.07) is 3.86. The molecule has 0 radical (unpaired) electrons. The number of nitrogens with one attached hydrogen (secondary N) is 2. The molecule has 2 aromatic heterocycles. The summed E-state index contributed by atoms with van der Waals surface area (Å²) in [6.45, 7) is 6.97. The maximum Gasteiger partial charge on any atom is 0.227 e. The number of aryl methyl sites for hydroxylation is 2. The van der Waals surface area contributed by atoms with Crippen LogP contribution in [0.25, 0.3) is 0 Å². The van der Waals surface area contributed by atoms with Crippen molar-refractivity contribution in [2.75, 3.05) is 36.5 Å². The highest BCUT2D eigenvalue weighted by atomic mass is 16.7. The molecule has 8 nitrogen and oxygen atoms in total. The first-order valence-corrected chi connectivity index (χ1v) is 8.30. The van der Waals surface area contributed by atoms with Gasteiger partial charge in [-0.1, -0.05) is 0 Å². The minimum absolute atomic E-state index is 0.381. The lowest BCUT2D eigenvalue weighted by Gasteiger charge is -2.37. The van der Waals surface area contributed by atoms with Gasteiger partial charge in [0.2, 0.25) is 5.95 Å². The van der Waals surface area contributed by atoms with Crippen molar-refractivity contribution in [3.63, 3.8) is 0 Å². The Labute approximate surface area is 140 Å². The number of anilines is 3. The minimum Gasteiger partial charge on any atom is -0.347 e. The Balaban J connectivity index is 1.49. The Bertz CT molecular complexity index is 715. The average molecular weight is 330 g/mol. The van der Waals surface area contributed by atoms with Crippen LogP contribution in [0.3, 0.4) is 0 Å². The van der Waals surface area contributed by atoms with Crippen LogP contribution in [0.5, 0.6) is 0 Å². The Morgan fingerprint density at radius 2 is 1.83 bits per heavy atom. The van der Waals surface area contributed by atoms with Gasteiger partial charge in [-0.15, -0.1) is 0 Å². The van der Waals surface area contributed by atoms with E-state index in [1.807, 2.05) is 26.0 Å². The number of H-pyrrole nitrogens is 1. The van der Waals surface area contributed by atoms with Crippen molar-refractivity contribution in [1.82, 2.24) is 20.2 Å². The van der Waals surface area contributed by atoms with Crippen molar-refractivity contribution < 1.29 is 9.47 Å². The molecule has 2 aliphatic rings.